The molecule has 5 heteroatoms. The lowest BCUT2D eigenvalue weighted by atomic mass is 9.80. The fourth-order valence-electron chi connectivity index (χ4n) is 2.98. The van der Waals surface area contributed by atoms with Gasteiger partial charge in [-0.25, -0.2) is 0 Å². The van der Waals surface area contributed by atoms with Gasteiger partial charge in [0.15, 0.2) is 0 Å². The van der Waals surface area contributed by atoms with Crippen molar-refractivity contribution in [3.05, 3.63) is 76.6 Å². The van der Waals surface area contributed by atoms with Gasteiger partial charge in [-0.15, -0.1) is 6.58 Å². The van der Waals surface area contributed by atoms with E-state index in [0.717, 1.165) is 12.0 Å². The van der Waals surface area contributed by atoms with E-state index < -0.39 is 0 Å². The summed E-state index contributed by atoms with van der Waals surface area (Å²) < 4.78 is 0. The molecule has 118 valence electrons. The van der Waals surface area contributed by atoms with Crippen molar-refractivity contribution < 1.29 is 4.79 Å². The Bertz CT molecular complexity index is 748. The number of hydrogen-bond donors (Lipinski definition) is 0. The molecule has 1 saturated heterocycles. The second-order valence-electron chi connectivity index (χ2n) is 5.68. The first-order valence-corrected chi connectivity index (χ1v) is 8.11. The molecule has 3 rings (SSSR count). The van der Waals surface area contributed by atoms with Gasteiger partial charge in [-0.3, -0.25) is 9.78 Å². The molecule has 1 aliphatic rings. The fraction of sp³-hybridized carbons (Fsp3) is 0.222. The summed E-state index contributed by atoms with van der Waals surface area (Å²) in [6.45, 7) is 5.19. The van der Waals surface area contributed by atoms with Gasteiger partial charge in [0.05, 0.1) is 10.0 Å². The Morgan fingerprint density at radius 3 is 2.74 bits per heavy atom. The molecule has 0 spiro atoms. The molecule has 1 aromatic heterocycles. The van der Waals surface area contributed by atoms with Crippen LogP contribution in [0.5, 0.6) is 0 Å². The van der Waals surface area contributed by atoms with Gasteiger partial charge >= 0.3 is 0 Å². The third-order valence-corrected chi connectivity index (χ3v) is 5.10. The van der Waals surface area contributed by atoms with E-state index in [1.807, 2.05) is 29.2 Å². The Balaban J connectivity index is 1.87. The number of rotatable bonds is 3. The van der Waals surface area contributed by atoms with Crippen LogP contribution in [0.25, 0.3) is 0 Å². The first kappa shape index (κ1) is 16.0. The Hall–Kier alpha value is -1.84. The van der Waals surface area contributed by atoms with E-state index in [1.54, 1.807) is 24.4 Å². The smallest absolute Gasteiger partial charge is 0.272 e. The van der Waals surface area contributed by atoms with Crippen molar-refractivity contribution in [2.45, 2.75) is 11.8 Å². The molecule has 1 atom stereocenters. The molecular formula is C18H16Cl2N2O. The number of halogens is 2. The number of likely N-dealkylation sites (tertiary alicyclic amines) is 1. The lowest BCUT2D eigenvalue weighted by Crippen LogP contribution is -2.33. The highest BCUT2D eigenvalue weighted by Gasteiger charge is 2.39. The number of hydrogen-bond acceptors (Lipinski definition) is 2. The highest BCUT2D eigenvalue weighted by atomic mass is 35.5. The second kappa shape index (κ2) is 6.34. The quantitative estimate of drug-likeness (QED) is 0.773. The van der Waals surface area contributed by atoms with E-state index in [2.05, 4.69) is 11.6 Å². The summed E-state index contributed by atoms with van der Waals surface area (Å²) in [5.74, 6) is -0.0608. The van der Waals surface area contributed by atoms with Gasteiger partial charge in [0, 0.05) is 24.7 Å². The number of carbonyl (C=O) groups excluding carboxylic acids is 1. The number of carbonyl (C=O) groups is 1. The summed E-state index contributed by atoms with van der Waals surface area (Å²) in [5, 5.41) is 1.04. The van der Waals surface area contributed by atoms with Crippen molar-refractivity contribution in [1.29, 1.82) is 0 Å². The number of pyridine rings is 1. The van der Waals surface area contributed by atoms with E-state index >= 15 is 0 Å². The third-order valence-electron chi connectivity index (χ3n) is 4.36. The van der Waals surface area contributed by atoms with Crippen LogP contribution >= 0.6 is 23.2 Å². The summed E-state index contributed by atoms with van der Waals surface area (Å²) in [5.41, 5.74) is 1.18. The van der Waals surface area contributed by atoms with Crippen LogP contribution in [-0.4, -0.2) is 28.9 Å². The molecule has 2 heterocycles. The molecule has 1 fully saturated rings. The average molecular weight is 347 g/mol. The van der Waals surface area contributed by atoms with Crippen molar-refractivity contribution in [1.82, 2.24) is 9.88 Å². The van der Waals surface area contributed by atoms with Crippen LogP contribution in [0.4, 0.5) is 0 Å². The predicted octanol–water partition coefficient (Wildman–Crippen LogP) is 4.36. The van der Waals surface area contributed by atoms with Crippen molar-refractivity contribution >= 4 is 29.1 Å². The maximum atomic E-state index is 12.6. The monoisotopic (exact) mass is 346 g/mol. The van der Waals surface area contributed by atoms with Crippen LogP contribution in [0.2, 0.25) is 10.0 Å². The molecule has 1 aromatic carbocycles. The van der Waals surface area contributed by atoms with Crippen molar-refractivity contribution in [2.75, 3.05) is 13.1 Å². The zero-order chi connectivity index (χ0) is 16.4. The average Bonchev–Trinajstić information content (AvgIpc) is 3.03. The molecule has 1 unspecified atom stereocenters. The third kappa shape index (κ3) is 2.99. The molecule has 0 radical (unpaired) electrons. The van der Waals surface area contributed by atoms with Gasteiger partial charge in [-0.05, 0) is 36.2 Å². The Kier molecular flexibility index (Phi) is 4.42. The first-order valence-electron chi connectivity index (χ1n) is 7.35. The fourth-order valence-corrected chi connectivity index (χ4v) is 3.28. The second-order valence-corrected chi connectivity index (χ2v) is 6.50. The Morgan fingerprint density at radius 1 is 1.26 bits per heavy atom. The van der Waals surface area contributed by atoms with Crippen LogP contribution in [0.15, 0.2) is 55.3 Å². The lowest BCUT2D eigenvalue weighted by molar-refractivity contribution is 0.0781. The molecule has 2 aromatic rings. The highest BCUT2D eigenvalue weighted by Crippen LogP contribution is 2.38. The summed E-state index contributed by atoms with van der Waals surface area (Å²) in [7, 11) is 0. The van der Waals surface area contributed by atoms with Gasteiger partial charge in [0.2, 0.25) is 0 Å². The number of amides is 1. The first-order chi connectivity index (χ1) is 11.1. The Labute approximate surface area is 145 Å². The van der Waals surface area contributed by atoms with Crippen LogP contribution < -0.4 is 0 Å². The summed E-state index contributed by atoms with van der Waals surface area (Å²) >= 11 is 12.2. The molecule has 1 aliphatic heterocycles. The van der Waals surface area contributed by atoms with Gasteiger partial charge < -0.3 is 4.90 Å². The van der Waals surface area contributed by atoms with Gasteiger partial charge in [-0.2, -0.15) is 0 Å². The van der Waals surface area contributed by atoms with Gasteiger partial charge in [-0.1, -0.05) is 41.4 Å². The maximum absolute atomic E-state index is 12.6. The topological polar surface area (TPSA) is 33.2 Å². The van der Waals surface area contributed by atoms with Crippen LogP contribution in [0, 0.1) is 0 Å². The standard InChI is InChI=1S/C18H16Cl2N2O/c1-2-18(13-6-7-14(19)15(20)11-13)8-10-22(12-18)17(23)16-5-3-4-9-21-16/h2-7,9,11H,1,8,10,12H2. The van der Waals surface area contributed by atoms with Crippen LogP contribution in [0.3, 0.4) is 0 Å². The minimum atomic E-state index is -0.307. The lowest BCUT2D eigenvalue weighted by Gasteiger charge is -2.26. The zero-order valence-corrected chi connectivity index (χ0v) is 14.0. The van der Waals surface area contributed by atoms with Crippen LogP contribution in [0.1, 0.15) is 22.5 Å². The predicted molar refractivity (Wildman–Crippen MR) is 93.1 cm³/mol. The van der Waals surface area contributed by atoms with Gasteiger partial charge in [0.25, 0.3) is 5.91 Å². The zero-order valence-electron chi connectivity index (χ0n) is 12.5. The molecule has 0 N–H and O–H groups in total. The Morgan fingerprint density at radius 2 is 2.09 bits per heavy atom. The molecule has 0 aliphatic carbocycles. The number of nitrogens with zero attached hydrogens (tertiary/aromatic N) is 2. The van der Waals surface area contributed by atoms with Crippen molar-refractivity contribution in [2.24, 2.45) is 0 Å². The number of benzene rings is 1. The summed E-state index contributed by atoms with van der Waals surface area (Å²) in [6, 6.07) is 10.9. The summed E-state index contributed by atoms with van der Waals surface area (Å²) in [4.78, 5) is 18.5. The van der Waals surface area contributed by atoms with E-state index in [1.165, 1.54) is 0 Å². The molecule has 3 nitrogen and oxygen atoms in total. The van der Waals surface area contributed by atoms with E-state index in [0.29, 0.717) is 28.8 Å². The van der Waals surface area contributed by atoms with Crippen molar-refractivity contribution in [3.63, 3.8) is 0 Å². The molecule has 1 amide bonds. The van der Waals surface area contributed by atoms with E-state index in [9.17, 15) is 4.79 Å². The molecule has 23 heavy (non-hydrogen) atoms. The minimum Gasteiger partial charge on any atom is -0.336 e. The number of aromatic nitrogens is 1. The minimum absolute atomic E-state index is 0.0608. The van der Waals surface area contributed by atoms with E-state index in [4.69, 9.17) is 23.2 Å². The van der Waals surface area contributed by atoms with Gasteiger partial charge in [0.1, 0.15) is 5.69 Å². The van der Waals surface area contributed by atoms with E-state index in [-0.39, 0.29) is 11.3 Å². The van der Waals surface area contributed by atoms with Crippen molar-refractivity contribution in [3.8, 4) is 0 Å². The normalized spacial score (nSPS) is 20.5. The maximum Gasteiger partial charge on any atom is 0.272 e. The molecule has 0 bridgehead atoms. The molecular weight excluding hydrogens is 331 g/mol. The highest BCUT2D eigenvalue weighted by molar-refractivity contribution is 6.42. The van der Waals surface area contributed by atoms with Crippen LogP contribution in [-0.2, 0) is 5.41 Å². The largest absolute Gasteiger partial charge is 0.336 e. The molecule has 0 saturated carbocycles. The summed E-state index contributed by atoms with van der Waals surface area (Å²) in [6.07, 6.45) is 4.33. The SMILES string of the molecule is C=CC1(c2ccc(Cl)c(Cl)c2)CCN(C(=O)c2ccccn2)C1.